The van der Waals surface area contributed by atoms with Crippen LogP contribution >= 0.6 is 11.6 Å². The van der Waals surface area contributed by atoms with Crippen LogP contribution in [0.3, 0.4) is 0 Å². The quantitative estimate of drug-likeness (QED) is 0.347. The Labute approximate surface area is 154 Å². The van der Waals surface area contributed by atoms with Crippen LogP contribution in [-0.4, -0.2) is 23.4 Å². The number of benzene rings is 2. The largest absolute Gasteiger partial charge is 0.452 e. The van der Waals surface area contributed by atoms with Gasteiger partial charge in [-0.1, -0.05) is 23.7 Å². The van der Waals surface area contributed by atoms with Crippen LogP contribution in [0.4, 0.5) is 5.69 Å². The van der Waals surface area contributed by atoms with Gasteiger partial charge in [-0.2, -0.15) is 0 Å². The van der Waals surface area contributed by atoms with Crippen LogP contribution in [0.2, 0.25) is 5.02 Å². The highest BCUT2D eigenvalue weighted by molar-refractivity contribution is 6.30. The zero-order valence-corrected chi connectivity index (χ0v) is 14.3. The molecule has 26 heavy (non-hydrogen) atoms. The van der Waals surface area contributed by atoms with Crippen molar-refractivity contribution in [3.63, 3.8) is 0 Å². The molecule has 0 aromatic heterocycles. The van der Waals surface area contributed by atoms with Crippen LogP contribution < -0.4 is 5.32 Å². The summed E-state index contributed by atoms with van der Waals surface area (Å²) in [5.41, 5.74) is 1.38. The Morgan fingerprint density at radius 3 is 2.58 bits per heavy atom. The molecule has 0 spiro atoms. The molecule has 0 aliphatic heterocycles. The highest BCUT2D eigenvalue weighted by Gasteiger charge is 2.06. The Hall–Kier alpha value is -3.19. The van der Waals surface area contributed by atoms with Gasteiger partial charge in [0.15, 0.2) is 6.61 Å². The van der Waals surface area contributed by atoms with Crippen molar-refractivity contribution in [1.29, 1.82) is 0 Å². The molecule has 134 valence electrons. The highest BCUT2D eigenvalue weighted by Crippen LogP contribution is 2.13. The summed E-state index contributed by atoms with van der Waals surface area (Å²) in [5.74, 6) is -1.14. The van der Waals surface area contributed by atoms with Gasteiger partial charge in [-0.05, 0) is 41.5 Å². The summed E-state index contributed by atoms with van der Waals surface area (Å²) in [5, 5.41) is 13.7. The number of nitro groups is 1. The van der Waals surface area contributed by atoms with Crippen LogP contribution in [0.25, 0.3) is 6.08 Å². The molecule has 0 unspecified atom stereocenters. The third-order valence-corrected chi connectivity index (χ3v) is 3.48. The molecule has 0 atom stereocenters. The molecule has 0 fully saturated rings. The lowest BCUT2D eigenvalue weighted by molar-refractivity contribution is -0.384. The maximum absolute atomic E-state index is 11.7. The summed E-state index contributed by atoms with van der Waals surface area (Å²) in [7, 11) is 0. The number of nitro benzene ring substituents is 1. The van der Waals surface area contributed by atoms with Gasteiger partial charge in [-0.15, -0.1) is 0 Å². The van der Waals surface area contributed by atoms with E-state index in [1.165, 1.54) is 30.3 Å². The van der Waals surface area contributed by atoms with Gasteiger partial charge in [0.25, 0.3) is 11.6 Å². The minimum absolute atomic E-state index is 0.0406. The fourth-order valence-corrected chi connectivity index (χ4v) is 2.17. The lowest BCUT2D eigenvalue weighted by Crippen LogP contribution is -2.28. The van der Waals surface area contributed by atoms with Crippen LogP contribution in [-0.2, 0) is 20.9 Å². The molecule has 8 heteroatoms. The van der Waals surface area contributed by atoms with E-state index in [9.17, 15) is 19.7 Å². The molecule has 0 aliphatic rings. The number of non-ortho nitro benzene ring substituents is 1. The number of nitrogens with zero attached hydrogens (tertiary/aromatic N) is 1. The number of rotatable bonds is 7. The maximum atomic E-state index is 11.7. The van der Waals surface area contributed by atoms with Gasteiger partial charge < -0.3 is 10.1 Å². The fraction of sp³-hybridized carbons (Fsp3) is 0.111. The molecule has 2 aromatic rings. The molecule has 0 heterocycles. The second-order valence-corrected chi connectivity index (χ2v) is 5.63. The third-order valence-electron chi connectivity index (χ3n) is 3.24. The van der Waals surface area contributed by atoms with E-state index in [-0.39, 0.29) is 12.2 Å². The van der Waals surface area contributed by atoms with Gasteiger partial charge in [0, 0.05) is 29.8 Å². The van der Waals surface area contributed by atoms with Crippen molar-refractivity contribution in [3.8, 4) is 0 Å². The zero-order chi connectivity index (χ0) is 18.9. The topological polar surface area (TPSA) is 98.5 Å². The molecule has 0 bridgehead atoms. The van der Waals surface area contributed by atoms with E-state index in [0.717, 1.165) is 11.6 Å². The Bertz CT molecular complexity index is 834. The van der Waals surface area contributed by atoms with Gasteiger partial charge in [0.1, 0.15) is 0 Å². The van der Waals surface area contributed by atoms with Crippen molar-refractivity contribution in [2.75, 3.05) is 6.61 Å². The first-order valence-electron chi connectivity index (χ1n) is 7.54. The number of carbonyl (C=O) groups is 2. The normalized spacial score (nSPS) is 10.5. The van der Waals surface area contributed by atoms with E-state index in [0.29, 0.717) is 10.6 Å². The van der Waals surface area contributed by atoms with Gasteiger partial charge in [-0.3, -0.25) is 14.9 Å². The second-order valence-electron chi connectivity index (χ2n) is 5.20. The van der Waals surface area contributed by atoms with Crippen LogP contribution in [0.5, 0.6) is 0 Å². The number of hydrogen-bond donors (Lipinski definition) is 1. The number of hydrogen-bond acceptors (Lipinski definition) is 5. The Kier molecular flexibility index (Phi) is 6.87. The summed E-state index contributed by atoms with van der Waals surface area (Å²) in [6, 6.07) is 12.7. The van der Waals surface area contributed by atoms with Crippen molar-refractivity contribution in [1.82, 2.24) is 5.32 Å². The number of amides is 1. The molecule has 0 radical (unpaired) electrons. The lowest BCUT2D eigenvalue weighted by Gasteiger charge is -2.06. The van der Waals surface area contributed by atoms with Crippen molar-refractivity contribution in [2.45, 2.75) is 6.54 Å². The molecule has 1 N–H and O–H groups in total. The monoisotopic (exact) mass is 374 g/mol. The van der Waals surface area contributed by atoms with Gasteiger partial charge >= 0.3 is 5.97 Å². The Balaban J connectivity index is 1.75. The summed E-state index contributed by atoms with van der Waals surface area (Å²) in [4.78, 5) is 33.3. The minimum Gasteiger partial charge on any atom is -0.452 e. The number of esters is 1. The van der Waals surface area contributed by atoms with E-state index >= 15 is 0 Å². The van der Waals surface area contributed by atoms with E-state index in [1.807, 2.05) is 6.07 Å². The molecule has 7 nitrogen and oxygen atoms in total. The third kappa shape index (κ3) is 6.37. The minimum atomic E-state index is -0.693. The smallest absolute Gasteiger partial charge is 0.331 e. The number of halogens is 1. The Morgan fingerprint density at radius 2 is 1.92 bits per heavy atom. The molecule has 0 saturated carbocycles. The number of ether oxygens (including phenoxy) is 1. The molecule has 2 rings (SSSR count). The van der Waals surface area contributed by atoms with Crippen LogP contribution in [0.15, 0.2) is 54.6 Å². The molecule has 1 amide bonds. The fourth-order valence-electron chi connectivity index (χ4n) is 1.95. The maximum Gasteiger partial charge on any atom is 0.331 e. The number of carbonyl (C=O) groups excluding carboxylic acids is 2. The summed E-state index contributed by atoms with van der Waals surface area (Å²) >= 11 is 5.85. The van der Waals surface area contributed by atoms with Crippen LogP contribution in [0, 0.1) is 10.1 Å². The highest BCUT2D eigenvalue weighted by atomic mass is 35.5. The predicted molar refractivity (Wildman–Crippen MR) is 96.4 cm³/mol. The molecular weight excluding hydrogens is 360 g/mol. The first-order chi connectivity index (χ1) is 12.4. The average molecular weight is 375 g/mol. The first-order valence-corrected chi connectivity index (χ1v) is 7.92. The SMILES string of the molecule is O=C(COC(=O)/C=C/c1ccc([N+](=O)[O-])cc1)NCc1cccc(Cl)c1. The van der Waals surface area contributed by atoms with Gasteiger partial charge in [0.2, 0.25) is 0 Å². The standard InChI is InChI=1S/C18H15ClN2O5/c19-15-3-1-2-14(10-15)11-20-17(22)12-26-18(23)9-6-13-4-7-16(8-5-13)21(24)25/h1-10H,11-12H2,(H,20,22)/b9-6+. The molecule has 0 aliphatic carbocycles. The first kappa shape index (κ1) is 19.1. The van der Waals surface area contributed by atoms with Crippen molar-refractivity contribution >= 4 is 35.2 Å². The van der Waals surface area contributed by atoms with Gasteiger partial charge in [-0.25, -0.2) is 4.79 Å². The van der Waals surface area contributed by atoms with Crippen LogP contribution in [0.1, 0.15) is 11.1 Å². The summed E-state index contributed by atoms with van der Waals surface area (Å²) in [6.45, 7) is -0.139. The molecular formula is C18H15ClN2O5. The predicted octanol–water partition coefficient (Wildman–Crippen LogP) is 3.12. The van der Waals surface area contributed by atoms with Crippen molar-refractivity contribution in [2.24, 2.45) is 0 Å². The Morgan fingerprint density at radius 1 is 1.19 bits per heavy atom. The van der Waals surface area contributed by atoms with E-state index in [2.05, 4.69) is 5.32 Å². The van der Waals surface area contributed by atoms with Crippen molar-refractivity contribution in [3.05, 3.63) is 80.9 Å². The zero-order valence-electron chi connectivity index (χ0n) is 13.6. The summed E-state index contributed by atoms with van der Waals surface area (Å²) < 4.78 is 4.83. The van der Waals surface area contributed by atoms with Gasteiger partial charge in [0.05, 0.1) is 4.92 Å². The van der Waals surface area contributed by atoms with E-state index < -0.39 is 23.4 Å². The average Bonchev–Trinajstić information content (AvgIpc) is 2.63. The summed E-state index contributed by atoms with van der Waals surface area (Å²) in [6.07, 6.45) is 2.58. The van der Waals surface area contributed by atoms with E-state index in [1.54, 1.807) is 18.2 Å². The van der Waals surface area contributed by atoms with Crippen molar-refractivity contribution < 1.29 is 19.2 Å². The lowest BCUT2D eigenvalue weighted by atomic mass is 10.2. The molecule has 2 aromatic carbocycles. The number of nitrogens with one attached hydrogen (secondary N) is 1. The van der Waals surface area contributed by atoms with E-state index in [4.69, 9.17) is 16.3 Å². The molecule has 0 saturated heterocycles. The second kappa shape index (κ2) is 9.33.